The molecule has 0 amide bonds. The maximum atomic E-state index is 13.7. The first-order valence-corrected chi connectivity index (χ1v) is 6.87. The molecule has 0 radical (unpaired) electrons. The Morgan fingerprint density at radius 3 is 2.75 bits per heavy atom. The number of pyridine rings is 1. The first kappa shape index (κ1) is 14.7. The summed E-state index contributed by atoms with van der Waals surface area (Å²) in [5.74, 6) is -2.31. The van der Waals surface area contributed by atoms with Crippen molar-refractivity contribution < 1.29 is 14.3 Å². The van der Waals surface area contributed by atoms with Crippen LogP contribution in [0.4, 0.5) is 4.39 Å². The van der Waals surface area contributed by atoms with Crippen molar-refractivity contribution in [1.29, 1.82) is 0 Å². The van der Waals surface area contributed by atoms with E-state index < -0.39 is 17.7 Å². The third-order valence-corrected chi connectivity index (χ3v) is 4.15. The van der Waals surface area contributed by atoms with Gasteiger partial charge in [-0.3, -0.25) is 9.78 Å². The van der Waals surface area contributed by atoms with Crippen LogP contribution in [0.25, 0.3) is 0 Å². The number of hydrogen-bond acceptors (Lipinski definition) is 2. The number of carboxylic acids is 1. The zero-order chi connectivity index (χ0) is 14.7. The summed E-state index contributed by atoms with van der Waals surface area (Å²) in [6.07, 6.45) is 1.63. The van der Waals surface area contributed by atoms with E-state index >= 15 is 0 Å². The van der Waals surface area contributed by atoms with Crippen molar-refractivity contribution in [2.24, 2.45) is 0 Å². The molecule has 1 unspecified atom stereocenters. The van der Waals surface area contributed by atoms with Gasteiger partial charge in [-0.15, -0.1) is 0 Å². The molecule has 1 aromatic carbocycles. The minimum atomic E-state index is -1.02. The molecule has 5 heteroatoms. The van der Waals surface area contributed by atoms with E-state index in [1.807, 2.05) is 6.92 Å². The number of aromatic nitrogens is 1. The van der Waals surface area contributed by atoms with Gasteiger partial charge in [0.2, 0.25) is 0 Å². The Kier molecular flexibility index (Phi) is 4.49. The molecular weight excluding hydrogens is 325 g/mol. The summed E-state index contributed by atoms with van der Waals surface area (Å²) in [4.78, 5) is 15.6. The Labute approximate surface area is 124 Å². The number of hydrogen-bond donors (Lipinski definition) is 1. The molecule has 0 saturated carbocycles. The number of benzene rings is 1. The van der Waals surface area contributed by atoms with E-state index in [0.717, 1.165) is 5.56 Å². The van der Waals surface area contributed by atoms with Crippen LogP contribution in [0, 0.1) is 12.7 Å². The number of halogens is 2. The fraction of sp³-hybridized carbons (Fsp3) is 0.200. The number of nitrogens with zero attached hydrogens (tertiary/aromatic N) is 1. The highest BCUT2D eigenvalue weighted by molar-refractivity contribution is 9.10. The highest BCUT2D eigenvalue weighted by Crippen LogP contribution is 2.29. The summed E-state index contributed by atoms with van der Waals surface area (Å²) < 4.78 is 14.3. The predicted molar refractivity (Wildman–Crippen MR) is 77.2 cm³/mol. The van der Waals surface area contributed by atoms with Crippen molar-refractivity contribution in [2.75, 3.05) is 0 Å². The Hall–Kier alpha value is -1.75. The van der Waals surface area contributed by atoms with Gasteiger partial charge in [-0.1, -0.05) is 18.2 Å². The molecule has 0 aliphatic heterocycles. The lowest BCUT2D eigenvalue weighted by Gasteiger charge is -2.15. The molecule has 20 heavy (non-hydrogen) atoms. The number of carbonyl (C=O) groups is 1. The largest absolute Gasteiger partial charge is 0.481 e. The van der Waals surface area contributed by atoms with Gasteiger partial charge >= 0.3 is 5.97 Å². The quantitative estimate of drug-likeness (QED) is 0.925. The van der Waals surface area contributed by atoms with Gasteiger partial charge in [-0.25, -0.2) is 4.39 Å². The molecule has 1 aromatic heterocycles. The summed E-state index contributed by atoms with van der Waals surface area (Å²) in [7, 11) is 0. The van der Waals surface area contributed by atoms with Crippen LogP contribution in [0.3, 0.4) is 0 Å². The Morgan fingerprint density at radius 2 is 2.10 bits per heavy atom. The van der Waals surface area contributed by atoms with Crippen LogP contribution >= 0.6 is 15.9 Å². The fourth-order valence-electron chi connectivity index (χ4n) is 1.99. The molecule has 1 heterocycles. The SMILES string of the molecule is Cc1ccnc(C(Cc2ccccc2F)C(=O)O)c1Br. The highest BCUT2D eigenvalue weighted by Gasteiger charge is 2.25. The summed E-state index contributed by atoms with van der Waals surface area (Å²) in [6.45, 7) is 1.86. The van der Waals surface area contributed by atoms with Gasteiger partial charge in [0.1, 0.15) is 11.7 Å². The maximum Gasteiger partial charge on any atom is 0.312 e. The lowest BCUT2D eigenvalue weighted by atomic mass is 9.95. The van der Waals surface area contributed by atoms with Crippen LogP contribution in [-0.2, 0) is 11.2 Å². The number of aryl methyl sites for hydroxylation is 1. The lowest BCUT2D eigenvalue weighted by molar-refractivity contribution is -0.138. The van der Waals surface area contributed by atoms with E-state index in [9.17, 15) is 14.3 Å². The third kappa shape index (κ3) is 3.04. The standard InChI is InChI=1S/C15H13BrFNO2/c1-9-6-7-18-14(13(9)16)11(15(19)20)8-10-4-2-3-5-12(10)17/h2-7,11H,8H2,1H3,(H,19,20). The molecule has 0 aliphatic carbocycles. The average molecular weight is 338 g/mol. The molecule has 1 N–H and O–H groups in total. The van der Waals surface area contributed by atoms with Crippen molar-refractivity contribution in [3.63, 3.8) is 0 Å². The van der Waals surface area contributed by atoms with Gasteiger partial charge in [-0.2, -0.15) is 0 Å². The molecule has 0 fully saturated rings. The zero-order valence-electron chi connectivity index (χ0n) is 10.8. The van der Waals surface area contributed by atoms with E-state index in [-0.39, 0.29) is 6.42 Å². The van der Waals surface area contributed by atoms with E-state index in [4.69, 9.17) is 0 Å². The molecule has 3 nitrogen and oxygen atoms in total. The molecular formula is C15H13BrFNO2. The van der Waals surface area contributed by atoms with Crippen molar-refractivity contribution in [3.8, 4) is 0 Å². The minimum absolute atomic E-state index is 0.0665. The Bertz CT molecular complexity index is 646. The van der Waals surface area contributed by atoms with Gasteiger partial charge < -0.3 is 5.11 Å². The molecule has 1 atom stereocenters. The average Bonchev–Trinajstić information content (AvgIpc) is 2.41. The van der Waals surface area contributed by atoms with E-state index in [1.165, 1.54) is 6.07 Å². The molecule has 104 valence electrons. The molecule has 0 aliphatic rings. The summed E-state index contributed by atoms with van der Waals surface area (Å²) in [5.41, 5.74) is 1.69. The second kappa shape index (κ2) is 6.13. The van der Waals surface area contributed by atoms with Crippen LogP contribution < -0.4 is 0 Å². The number of carboxylic acid groups (broad SMARTS) is 1. The van der Waals surface area contributed by atoms with Crippen LogP contribution in [0.5, 0.6) is 0 Å². The van der Waals surface area contributed by atoms with Crippen LogP contribution in [0.1, 0.15) is 22.7 Å². The first-order chi connectivity index (χ1) is 9.50. The van der Waals surface area contributed by atoms with Gasteiger partial charge in [0.05, 0.1) is 5.69 Å². The van der Waals surface area contributed by atoms with E-state index in [1.54, 1.807) is 30.5 Å². The maximum absolute atomic E-state index is 13.7. The number of aliphatic carboxylic acids is 1. The minimum Gasteiger partial charge on any atom is -0.481 e. The van der Waals surface area contributed by atoms with Crippen molar-refractivity contribution in [2.45, 2.75) is 19.3 Å². The second-order valence-corrected chi connectivity index (χ2v) is 5.31. The van der Waals surface area contributed by atoms with E-state index in [2.05, 4.69) is 20.9 Å². The smallest absolute Gasteiger partial charge is 0.312 e. The van der Waals surface area contributed by atoms with Gasteiger partial charge in [0.15, 0.2) is 0 Å². The molecule has 0 spiro atoms. The van der Waals surface area contributed by atoms with Crippen molar-refractivity contribution in [3.05, 3.63) is 63.6 Å². The summed E-state index contributed by atoms with van der Waals surface area (Å²) in [6, 6.07) is 7.98. The monoisotopic (exact) mass is 337 g/mol. The first-order valence-electron chi connectivity index (χ1n) is 6.08. The Morgan fingerprint density at radius 1 is 1.40 bits per heavy atom. The topological polar surface area (TPSA) is 50.2 Å². The highest BCUT2D eigenvalue weighted by atomic mass is 79.9. The zero-order valence-corrected chi connectivity index (χ0v) is 12.4. The molecule has 0 bridgehead atoms. The second-order valence-electron chi connectivity index (χ2n) is 4.51. The van der Waals surface area contributed by atoms with Crippen LogP contribution in [0.15, 0.2) is 41.0 Å². The van der Waals surface area contributed by atoms with Crippen LogP contribution in [-0.4, -0.2) is 16.1 Å². The van der Waals surface area contributed by atoms with Crippen molar-refractivity contribution >= 4 is 21.9 Å². The lowest BCUT2D eigenvalue weighted by Crippen LogP contribution is -2.17. The number of rotatable bonds is 4. The molecule has 0 saturated heterocycles. The summed E-state index contributed by atoms with van der Waals surface area (Å²) >= 11 is 3.36. The normalized spacial score (nSPS) is 12.2. The van der Waals surface area contributed by atoms with E-state index in [0.29, 0.717) is 15.7 Å². The third-order valence-electron chi connectivity index (χ3n) is 3.12. The van der Waals surface area contributed by atoms with Gasteiger partial charge in [-0.05, 0) is 52.5 Å². The van der Waals surface area contributed by atoms with Gasteiger partial charge in [0, 0.05) is 10.7 Å². The Balaban J connectivity index is 2.40. The van der Waals surface area contributed by atoms with Gasteiger partial charge in [0.25, 0.3) is 0 Å². The predicted octanol–water partition coefficient (Wildman–Crippen LogP) is 3.70. The molecule has 2 aromatic rings. The molecule has 2 rings (SSSR count). The fourth-order valence-corrected chi connectivity index (χ4v) is 2.50. The van der Waals surface area contributed by atoms with Crippen molar-refractivity contribution in [1.82, 2.24) is 4.98 Å². The summed E-state index contributed by atoms with van der Waals surface area (Å²) in [5, 5.41) is 9.41. The van der Waals surface area contributed by atoms with Crippen LogP contribution in [0.2, 0.25) is 0 Å².